The van der Waals surface area contributed by atoms with Crippen LogP contribution in [0, 0.1) is 5.92 Å². The first-order valence-electron chi connectivity index (χ1n) is 11.1. The SMILES string of the molecule is CC(C)CNC(=O)[C@H](C)N(Cc1ccc(Cl)c(Cl)c1)C(=O)COc1ccccc1C(C)(C)C. The number of amides is 2. The van der Waals surface area contributed by atoms with Crippen molar-refractivity contribution >= 4 is 35.0 Å². The summed E-state index contributed by atoms with van der Waals surface area (Å²) in [5.74, 6) is 0.450. The van der Waals surface area contributed by atoms with Crippen molar-refractivity contribution < 1.29 is 14.3 Å². The summed E-state index contributed by atoms with van der Waals surface area (Å²) in [4.78, 5) is 27.6. The van der Waals surface area contributed by atoms with Gasteiger partial charge < -0.3 is 15.0 Å². The number of carbonyl (C=O) groups is 2. The molecule has 0 aromatic heterocycles. The molecule has 2 aromatic rings. The maximum atomic E-state index is 13.3. The zero-order valence-electron chi connectivity index (χ0n) is 20.2. The Hall–Kier alpha value is -2.24. The van der Waals surface area contributed by atoms with E-state index in [-0.39, 0.29) is 30.4 Å². The molecule has 0 aliphatic carbocycles. The van der Waals surface area contributed by atoms with Crippen molar-refractivity contribution in [3.8, 4) is 5.75 Å². The molecule has 2 rings (SSSR count). The third kappa shape index (κ3) is 7.94. The second kappa shape index (κ2) is 11.8. The Balaban J connectivity index is 2.24. The standard InChI is InChI=1S/C26H34Cl2N2O3/c1-17(2)14-29-25(32)18(3)30(15-19-11-12-21(27)22(28)13-19)24(31)16-33-23-10-8-7-9-20(23)26(4,5)6/h7-13,17-18H,14-16H2,1-6H3,(H,29,32)/t18-/m0/s1. The minimum Gasteiger partial charge on any atom is -0.483 e. The van der Waals surface area contributed by atoms with Crippen molar-refractivity contribution in [2.24, 2.45) is 5.92 Å². The molecule has 0 unspecified atom stereocenters. The van der Waals surface area contributed by atoms with Crippen LogP contribution in [0.5, 0.6) is 5.75 Å². The first-order valence-corrected chi connectivity index (χ1v) is 11.9. The van der Waals surface area contributed by atoms with E-state index in [0.717, 1.165) is 11.1 Å². The summed E-state index contributed by atoms with van der Waals surface area (Å²) < 4.78 is 5.94. The molecular weight excluding hydrogens is 459 g/mol. The second-order valence-electron chi connectivity index (χ2n) is 9.62. The number of para-hydroxylation sites is 1. The first-order chi connectivity index (χ1) is 15.4. The highest BCUT2D eigenvalue weighted by atomic mass is 35.5. The fourth-order valence-corrected chi connectivity index (χ4v) is 3.62. The first kappa shape index (κ1) is 27.0. The summed E-state index contributed by atoms with van der Waals surface area (Å²) in [7, 11) is 0. The molecule has 1 N–H and O–H groups in total. The largest absolute Gasteiger partial charge is 0.483 e. The van der Waals surface area contributed by atoms with Crippen LogP contribution in [0.25, 0.3) is 0 Å². The van der Waals surface area contributed by atoms with Gasteiger partial charge in [0.05, 0.1) is 10.0 Å². The van der Waals surface area contributed by atoms with Crippen molar-refractivity contribution in [1.29, 1.82) is 0 Å². The van der Waals surface area contributed by atoms with Gasteiger partial charge in [0.1, 0.15) is 11.8 Å². The number of benzene rings is 2. The monoisotopic (exact) mass is 492 g/mol. The van der Waals surface area contributed by atoms with Crippen LogP contribution in [0.1, 0.15) is 52.7 Å². The van der Waals surface area contributed by atoms with Crippen LogP contribution >= 0.6 is 23.2 Å². The molecule has 180 valence electrons. The summed E-state index contributed by atoms with van der Waals surface area (Å²) in [6.07, 6.45) is 0. The van der Waals surface area contributed by atoms with Gasteiger partial charge in [-0.15, -0.1) is 0 Å². The number of halogens is 2. The Morgan fingerprint density at radius 3 is 2.30 bits per heavy atom. The molecule has 2 aromatic carbocycles. The number of ether oxygens (including phenoxy) is 1. The van der Waals surface area contributed by atoms with Crippen molar-refractivity contribution in [1.82, 2.24) is 10.2 Å². The molecular formula is C26H34Cl2N2O3. The third-order valence-corrected chi connectivity index (χ3v) is 5.97. The molecule has 0 heterocycles. The molecule has 2 amide bonds. The average Bonchev–Trinajstić information content (AvgIpc) is 2.75. The van der Waals surface area contributed by atoms with Crippen LogP contribution in [-0.2, 0) is 21.5 Å². The van der Waals surface area contributed by atoms with Crippen LogP contribution in [-0.4, -0.2) is 35.9 Å². The predicted molar refractivity (Wildman–Crippen MR) is 135 cm³/mol. The minimum atomic E-state index is -0.688. The van der Waals surface area contributed by atoms with Gasteiger partial charge in [0.15, 0.2) is 6.61 Å². The van der Waals surface area contributed by atoms with Crippen molar-refractivity contribution in [2.75, 3.05) is 13.2 Å². The van der Waals surface area contributed by atoms with Crippen LogP contribution in [0.3, 0.4) is 0 Å². The molecule has 33 heavy (non-hydrogen) atoms. The summed E-state index contributed by atoms with van der Waals surface area (Å²) in [5.41, 5.74) is 1.65. The van der Waals surface area contributed by atoms with E-state index in [1.807, 2.05) is 38.1 Å². The number of rotatable bonds is 9. The Bertz CT molecular complexity index is 970. The fraction of sp³-hybridized carbons (Fsp3) is 0.462. The number of nitrogens with zero attached hydrogens (tertiary/aromatic N) is 1. The summed E-state index contributed by atoms with van der Waals surface area (Å²) >= 11 is 12.2. The summed E-state index contributed by atoms with van der Waals surface area (Å²) in [6.45, 7) is 12.6. The summed E-state index contributed by atoms with van der Waals surface area (Å²) in [5, 5.41) is 3.74. The van der Waals surface area contributed by atoms with E-state index >= 15 is 0 Å². The quantitative estimate of drug-likeness (QED) is 0.476. The fourth-order valence-electron chi connectivity index (χ4n) is 3.30. The van der Waals surface area contributed by atoms with Crippen LogP contribution < -0.4 is 10.1 Å². The lowest BCUT2D eigenvalue weighted by molar-refractivity contribution is -0.142. The van der Waals surface area contributed by atoms with Crippen molar-refractivity contribution in [3.05, 3.63) is 63.6 Å². The lowest BCUT2D eigenvalue weighted by Gasteiger charge is -2.29. The highest BCUT2D eigenvalue weighted by molar-refractivity contribution is 6.42. The zero-order valence-corrected chi connectivity index (χ0v) is 21.8. The molecule has 0 aliphatic rings. The van der Waals surface area contributed by atoms with E-state index in [9.17, 15) is 9.59 Å². The maximum absolute atomic E-state index is 13.3. The van der Waals surface area contributed by atoms with E-state index in [2.05, 4.69) is 26.1 Å². The van der Waals surface area contributed by atoms with E-state index in [4.69, 9.17) is 27.9 Å². The smallest absolute Gasteiger partial charge is 0.261 e. The molecule has 0 fully saturated rings. The lowest BCUT2D eigenvalue weighted by atomic mass is 9.86. The molecule has 7 heteroatoms. The van der Waals surface area contributed by atoms with Gasteiger partial charge in [-0.05, 0) is 47.6 Å². The number of carbonyl (C=O) groups excluding carboxylic acids is 2. The molecule has 0 radical (unpaired) electrons. The van der Waals surface area contributed by atoms with E-state index < -0.39 is 6.04 Å². The summed E-state index contributed by atoms with van der Waals surface area (Å²) in [6, 6.07) is 12.2. The van der Waals surface area contributed by atoms with Crippen LogP contribution in [0.15, 0.2) is 42.5 Å². The minimum absolute atomic E-state index is 0.136. The Morgan fingerprint density at radius 1 is 1.03 bits per heavy atom. The van der Waals surface area contributed by atoms with Crippen molar-refractivity contribution in [3.63, 3.8) is 0 Å². The third-order valence-electron chi connectivity index (χ3n) is 5.23. The van der Waals surface area contributed by atoms with Crippen LogP contribution in [0.4, 0.5) is 0 Å². The van der Waals surface area contributed by atoms with Gasteiger partial charge in [-0.1, -0.05) is 82.1 Å². The highest BCUT2D eigenvalue weighted by Crippen LogP contribution is 2.31. The van der Waals surface area contributed by atoms with Gasteiger partial charge >= 0.3 is 0 Å². The highest BCUT2D eigenvalue weighted by Gasteiger charge is 2.27. The molecule has 0 aliphatic heterocycles. The predicted octanol–water partition coefficient (Wildman–Crippen LogP) is 5.86. The van der Waals surface area contributed by atoms with Gasteiger partial charge in [0.25, 0.3) is 5.91 Å². The van der Waals surface area contributed by atoms with Gasteiger partial charge in [-0.3, -0.25) is 9.59 Å². The van der Waals surface area contributed by atoms with Gasteiger partial charge in [-0.25, -0.2) is 0 Å². The number of hydrogen-bond acceptors (Lipinski definition) is 3. The van der Waals surface area contributed by atoms with Gasteiger partial charge in [0.2, 0.25) is 5.91 Å². The zero-order chi connectivity index (χ0) is 24.8. The maximum Gasteiger partial charge on any atom is 0.261 e. The Kier molecular flexibility index (Phi) is 9.62. The Morgan fingerprint density at radius 2 is 1.70 bits per heavy atom. The van der Waals surface area contributed by atoms with E-state index in [0.29, 0.717) is 28.3 Å². The molecule has 0 saturated heterocycles. The van der Waals surface area contributed by atoms with E-state index in [1.54, 1.807) is 25.1 Å². The molecule has 0 bridgehead atoms. The topological polar surface area (TPSA) is 58.6 Å². The second-order valence-corrected chi connectivity index (χ2v) is 10.4. The van der Waals surface area contributed by atoms with E-state index in [1.165, 1.54) is 4.90 Å². The van der Waals surface area contributed by atoms with Crippen LogP contribution in [0.2, 0.25) is 10.0 Å². The molecule has 1 atom stereocenters. The van der Waals surface area contributed by atoms with Gasteiger partial charge in [-0.2, -0.15) is 0 Å². The Labute approximate surface area is 207 Å². The lowest BCUT2D eigenvalue weighted by Crippen LogP contribution is -2.49. The number of nitrogens with one attached hydrogen (secondary N) is 1. The molecule has 0 saturated carbocycles. The van der Waals surface area contributed by atoms with Gasteiger partial charge in [0, 0.05) is 13.1 Å². The average molecular weight is 493 g/mol. The molecule has 5 nitrogen and oxygen atoms in total. The number of hydrogen-bond donors (Lipinski definition) is 1. The normalized spacial score (nSPS) is 12.4. The molecule has 0 spiro atoms. The van der Waals surface area contributed by atoms with Crippen molar-refractivity contribution in [2.45, 2.75) is 59.5 Å².